The normalized spacial score (nSPS) is 14.9. The molecule has 2 heterocycles. The molecule has 0 atom stereocenters. The van der Waals surface area contributed by atoms with E-state index in [1.54, 1.807) is 0 Å². The molecule has 0 spiro atoms. The summed E-state index contributed by atoms with van der Waals surface area (Å²) < 4.78 is 0. The fourth-order valence-electron chi connectivity index (χ4n) is 12.2. The Kier molecular flexibility index (Phi) is 12.4. The molecule has 8 aromatic carbocycles. The lowest BCUT2D eigenvalue weighted by Gasteiger charge is -2.52. The number of nitrogens with zero attached hydrogens (tertiary/aromatic N) is 4. The van der Waals surface area contributed by atoms with Crippen LogP contribution in [0.4, 0.5) is 56.9 Å². The summed E-state index contributed by atoms with van der Waals surface area (Å²) >= 11 is 0. The maximum atomic E-state index is 2.70. The lowest BCUT2D eigenvalue weighted by Crippen LogP contribution is -2.42. The molecule has 0 unspecified atom stereocenters. The predicted octanol–water partition coefficient (Wildman–Crippen LogP) is 20.2. The van der Waals surface area contributed by atoms with Crippen molar-refractivity contribution < 1.29 is 0 Å². The first-order chi connectivity index (χ1) is 36.1. The number of aryl methyl sites for hydroxylation is 12. The topological polar surface area (TPSA) is 13.0 Å². The molecule has 0 bridgehead atoms. The summed E-state index contributed by atoms with van der Waals surface area (Å²) in [6.45, 7) is 36.6. The summed E-state index contributed by atoms with van der Waals surface area (Å²) in [5.41, 5.74) is 34.8. The van der Waals surface area contributed by atoms with E-state index < -0.39 is 5.41 Å². The first kappa shape index (κ1) is 50.6. The van der Waals surface area contributed by atoms with Crippen LogP contribution in [0.15, 0.2) is 163 Å². The van der Waals surface area contributed by atoms with E-state index in [9.17, 15) is 0 Å². The highest BCUT2D eigenvalue weighted by atomic mass is 15.2. The van der Waals surface area contributed by atoms with Crippen LogP contribution in [0.2, 0.25) is 0 Å². The highest BCUT2D eigenvalue weighted by Crippen LogP contribution is 2.62. The summed E-state index contributed by atoms with van der Waals surface area (Å²) in [5, 5.41) is 0. The molecule has 0 N–H and O–H groups in total. The van der Waals surface area contributed by atoms with Crippen molar-refractivity contribution >= 4 is 56.9 Å². The van der Waals surface area contributed by atoms with Crippen molar-refractivity contribution in [3.05, 3.63) is 246 Å². The quantitative estimate of drug-likeness (QED) is 0.143. The third kappa shape index (κ3) is 8.36. The molecule has 11 rings (SSSR count). The van der Waals surface area contributed by atoms with E-state index in [-0.39, 0.29) is 5.41 Å². The van der Waals surface area contributed by atoms with Crippen molar-refractivity contribution in [1.29, 1.82) is 0 Å². The number of fused-ring (bicyclic) bond motifs is 3. The van der Waals surface area contributed by atoms with Crippen molar-refractivity contribution in [2.45, 2.75) is 134 Å². The number of hydrogen-bond donors (Lipinski definition) is 0. The molecule has 384 valence electrons. The molecule has 0 radical (unpaired) electrons. The molecule has 3 aliphatic rings. The molecular weight excluding hydrogens is 921 g/mol. The molecule has 0 saturated carbocycles. The van der Waals surface area contributed by atoms with Crippen molar-refractivity contribution in [1.82, 2.24) is 0 Å². The van der Waals surface area contributed by atoms with Gasteiger partial charge in [0.25, 0.3) is 0 Å². The number of allylic oxidation sites excluding steroid dienone is 4. The lowest BCUT2D eigenvalue weighted by molar-refractivity contribution is 0.572. The van der Waals surface area contributed by atoms with Crippen molar-refractivity contribution in [3.63, 3.8) is 0 Å². The molecule has 1 aliphatic carbocycles. The average Bonchev–Trinajstić information content (AvgIpc) is 3.55. The van der Waals surface area contributed by atoms with Crippen molar-refractivity contribution in [3.8, 4) is 0 Å². The van der Waals surface area contributed by atoms with Gasteiger partial charge in [-0.3, -0.25) is 0 Å². The zero-order valence-corrected chi connectivity index (χ0v) is 48.1. The Balaban J connectivity index is 1.19. The first-order valence-corrected chi connectivity index (χ1v) is 27.5. The molecule has 0 fully saturated rings. The molecule has 76 heavy (non-hydrogen) atoms. The minimum atomic E-state index is -0.398. The zero-order valence-electron chi connectivity index (χ0n) is 48.1. The molecular formula is C72H76N4. The van der Waals surface area contributed by atoms with Crippen LogP contribution >= 0.6 is 0 Å². The van der Waals surface area contributed by atoms with Crippen LogP contribution in [0.25, 0.3) is 0 Å². The number of benzene rings is 8. The van der Waals surface area contributed by atoms with E-state index in [0.717, 1.165) is 41.3 Å². The summed E-state index contributed by atoms with van der Waals surface area (Å²) in [5.74, 6) is 0. The number of hydrogen-bond acceptors (Lipinski definition) is 4. The largest absolute Gasteiger partial charge is 0.314 e. The molecule has 0 amide bonds. The Bertz CT molecular complexity index is 3610. The number of anilines is 10. The van der Waals surface area contributed by atoms with Gasteiger partial charge >= 0.3 is 0 Å². The summed E-state index contributed by atoms with van der Waals surface area (Å²) in [6, 6.07) is 54.2. The van der Waals surface area contributed by atoms with Gasteiger partial charge in [0.05, 0.1) is 11.4 Å². The Hall–Kier alpha value is -7.56. The van der Waals surface area contributed by atoms with Crippen LogP contribution < -0.4 is 19.6 Å². The minimum Gasteiger partial charge on any atom is -0.314 e. The second kappa shape index (κ2) is 18.6. The van der Waals surface area contributed by atoms with E-state index >= 15 is 0 Å². The Morgan fingerprint density at radius 1 is 0.316 bits per heavy atom. The van der Waals surface area contributed by atoms with Gasteiger partial charge < -0.3 is 19.6 Å². The van der Waals surface area contributed by atoms with E-state index in [1.165, 1.54) is 129 Å². The summed E-state index contributed by atoms with van der Waals surface area (Å²) in [4.78, 5) is 10.2. The van der Waals surface area contributed by atoms with Gasteiger partial charge in [0.2, 0.25) is 0 Å². The standard InChI is InChI=1S/C72H76N4/c1-43-17-23-55(33-49(43)7)73(56-24-18-44(2)50(8)34-56)61-29-31-68-64(39-61)71(13,14)66-41-63(75(59-27-21-47(5)53(11)37-59)60-28-22-48(6)54(12)38-60)42-67-70(66)76(68)69-32-30-62(40-65(69)72(67,15)16)74(57-25-19-45(3)51(9)35-57)58-26-20-46(4)52(10)36-58/h17-29,31,33-42H,30,32H2,1-16H3. The Labute approximate surface area is 454 Å². The highest BCUT2D eigenvalue weighted by Gasteiger charge is 2.48. The van der Waals surface area contributed by atoms with Gasteiger partial charge in [0, 0.05) is 67.7 Å². The van der Waals surface area contributed by atoms with Gasteiger partial charge in [0.15, 0.2) is 0 Å². The molecule has 8 aromatic rings. The second-order valence-electron chi connectivity index (χ2n) is 23.8. The number of rotatable bonds is 9. The zero-order chi connectivity index (χ0) is 53.9. The van der Waals surface area contributed by atoms with Gasteiger partial charge in [0.1, 0.15) is 0 Å². The van der Waals surface area contributed by atoms with Crippen molar-refractivity contribution in [2.24, 2.45) is 0 Å². The van der Waals surface area contributed by atoms with Crippen LogP contribution in [0.1, 0.15) is 124 Å². The molecule has 4 heteroatoms. The van der Waals surface area contributed by atoms with E-state index in [1.807, 2.05) is 0 Å². The maximum Gasteiger partial charge on any atom is 0.0541 e. The molecule has 2 aliphatic heterocycles. The third-order valence-electron chi connectivity index (χ3n) is 18.0. The van der Waals surface area contributed by atoms with Gasteiger partial charge in [-0.1, -0.05) is 64.1 Å². The average molecular weight is 997 g/mol. The SMILES string of the molecule is Cc1ccc(N(C2=CC3=C(CC2)N2c4ccc(N(c5ccc(C)c(C)c5)c5ccc(C)c(C)c5)cc4C(C)(C)c4cc(N(c5ccc(C)c(C)c5)c5ccc(C)c(C)c5)cc(c42)C3(C)C)c2ccc(C)c(C)c2)cc1C. The van der Waals surface area contributed by atoms with Gasteiger partial charge in [-0.2, -0.15) is 0 Å². The van der Waals surface area contributed by atoms with E-state index in [4.69, 9.17) is 0 Å². The Morgan fingerprint density at radius 2 is 0.632 bits per heavy atom. The monoisotopic (exact) mass is 997 g/mol. The molecule has 0 aromatic heterocycles. The summed E-state index contributed by atoms with van der Waals surface area (Å²) in [6.07, 6.45) is 4.37. The fourth-order valence-corrected chi connectivity index (χ4v) is 12.2. The third-order valence-corrected chi connectivity index (χ3v) is 18.0. The van der Waals surface area contributed by atoms with Crippen LogP contribution in [0.3, 0.4) is 0 Å². The molecule has 4 nitrogen and oxygen atoms in total. The van der Waals surface area contributed by atoms with Crippen LogP contribution in [-0.2, 0) is 10.8 Å². The van der Waals surface area contributed by atoms with Crippen LogP contribution in [0.5, 0.6) is 0 Å². The maximum absolute atomic E-state index is 2.70. The van der Waals surface area contributed by atoms with Crippen LogP contribution in [0, 0.1) is 83.1 Å². The van der Waals surface area contributed by atoms with Crippen LogP contribution in [-0.4, -0.2) is 0 Å². The van der Waals surface area contributed by atoms with Gasteiger partial charge in [-0.15, -0.1) is 0 Å². The first-order valence-electron chi connectivity index (χ1n) is 27.5. The minimum absolute atomic E-state index is 0.370. The fraction of sp³-hybridized carbons (Fsp3) is 0.278. The molecule has 0 saturated heterocycles. The lowest BCUT2D eigenvalue weighted by atomic mass is 9.65. The second-order valence-corrected chi connectivity index (χ2v) is 23.8. The smallest absolute Gasteiger partial charge is 0.0541 e. The Morgan fingerprint density at radius 3 is 1.01 bits per heavy atom. The van der Waals surface area contributed by atoms with E-state index in [0.29, 0.717) is 0 Å². The summed E-state index contributed by atoms with van der Waals surface area (Å²) in [7, 11) is 0. The van der Waals surface area contributed by atoms with E-state index in [2.05, 4.69) is 276 Å². The van der Waals surface area contributed by atoms with Crippen molar-refractivity contribution in [2.75, 3.05) is 19.6 Å². The van der Waals surface area contributed by atoms with Gasteiger partial charge in [-0.25, -0.2) is 0 Å². The highest BCUT2D eigenvalue weighted by molar-refractivity contribution is 5.93. The van der Waals surface area contributed by atoms with Gasteiger partial charge in [-0.05, 0) is 294 Å². The predicted molar refractivity (Wildman–Crippen MR) is 326 cm³/mol.